The van der Waals surface area contributed by atoms with Gasteiger partial charge in [0.05, 0.1) is 5.52 Å². The molecule has 0 aliphatic heterocycles. The summed E-state index contributed by atoms with van der Waals surface area (Å²) < 4.78 is 0. The van der Waals surface area contributed by atoms with Crippen LogP contribution in [0.1, 0.15) is 6.42 Å². The van der Waals surface area contributed by atoms with Crippen LogP contribution in [0.15, 0.2) is 54.8 Å². The van der Waals surface area contributed by atoms with Gasteiger partial charge in [-0.1, -0.05) is 12.1 Å². The molecule has 0 radical (unpaired) electrons. The fraction of sp³-hybridized carbons (Fsp3) is 0.143. The topological polar surface area (TPSA) is 73.6 Å². The SMILES string of the molecule is CO.CO.Oc1ccnc2ccccc12.[C-]1=CC=CC1.[CH3-].[CH3-].[CH3-].[CH3-].[CH3-].[Ti]. The molecule has 0 spiro atoms. The molecule has 152 valence electrons. The Morgan fingerprint density at radius 2 is 1.42 bits per heavy atom. The van der Waals surface area contributed by atoms with Crippen molar-refractivity contribution in [3.63, 3.8) is 0 Å². The van der Waals surface area contributed by atoms with Gasteiger partial charge in [-0.2, -0.15) is 6.08 Å². The molecule has 1 aromatic carbocycles. The van der Waals surface area contributed by atoms with Gasteiger partial charge in [-0.15, -0.1) is 6.42 Å². The van der Waals surface area contributed by atoms with Gasteiger partial charge in [0.25, 0.3) is 0 Å². The van der Waals surface area contributed by atoms with E-state index < -0.39 is 0 Å². The first-order valence-electron chi connectivity index (χ1n) is 6.02. The van der Waals surface area contributed by atoms with Crippen LogP contribution in [-0.4, -0.2) is 34.5 Å². The Hall–Kier alpha value is -1.46. The molecule has 0 unspecified atom stereocenters. The Labute approximate surface area is 177 Å². The zero-order valence-corrected chi connectivity index (χ0v) is 18.8. The minimum atomic E-state index is 0. The molecule has 0 bridgehead atoms. The van der Waals surface area contributed by atoms with Crippen LogP contribution in [0.3, 0.4) is 0 Å². The molecular formula is C21H35NO3Ti-6. The van der Waals surface area contributed by atoms with Crippen LogP contribution in [0, 0.1) is 43.2 Å². The molecule has 0 saturated carbocycles. The number of para-hydroxylation sites is 1. The Bertz CT molecular complexity index is 528. The first-order valence-corrected chi connectivity index (χ1v) is 6.02. The molecule has 3 rings (SSSR count). The van der Waals surface area contributed by atoms with E-state index in [-0.39, 0.29) is 64.6 Å². The van der Waals surface area contributed by atoms with Crippen LogP contribution in [0.25, 0.3) is 10.9 Å². The van der Waals surface area contributed by atoms with Crippen molar-refractivity contribution in [1.29, 1.82) is 0 Å². The van der Waals surface area contributed by atoms with Gasteiger partial charge in [0.15, 0.2) is 0 Å². The van der Waals surface area contributed by atoms with Crippen molar-refractivity contribution < 1.29 is 37.0 Å². The molecule has 1 aliphatic rings. The maximum Gasteiger partial charge on any atom is 0.126 e. The molecule has 1 aliphatic carbocycles. The van der Waals surface area contributed by atoms with Crippen LogP contribution in [0.2, 0.25) is 0 Å². The van der Waals surface area contributed by atoms with Gasteiger partial charge in [-0.05, 0) is 18.2 Å². The second-order valence-electron chi connectivity index (χ2n) is 3.35. The van der Waals surface area contributed by atoms with E-state index in [0.717, 1.165) is 31.5 Å². The van der Waals surface area contributed by atoms with Crippen molar-refractivity contribution in [3.05, 3.63) is 98.0 Å². The molecule has 26 heavy (non-hydrogen) atoms. The molecule has 0 amide bonds. The first kappa shape index (κ1) is 44.2. The number of pyridine rings is 1. The number of rotatable bonds is 0. The number of aliphatic hydroxyl groups is 2. The summed E-state index contributed by atoms with van der Waals surface area (Å²) in [6.07, 6.45) is 11.6. The third-order valence-corrected chi connectivity index (χ3v) is 2.21. The predicted molar refractivity (Wildman–Crippen MR) is 113 cm³/mol. The second-order valence-corrected chi connectivity index (χ2v) is 3.35. The van der Waals surface area contributed by atoms with Crippen molar-refractivity contribution in [2.24, 2.45) is 0 Å². The number of aromatic hydroxyl groups is 1. The maximum absolute atomic E-state index is 9.33. The zero-order valence-electron chi connectivity index (χ0n) is 17.2. The van der Waals surface area contributed by atoms with E-state index in [1.165, 1.54) is 0 Å². The van der Waals surface area contributed by atoms with Crippen molar-refractivity contribution in [3.8, 4) is 5.75 Å². The van der Waals surface area contributed by atoms with E-state index in [1.807, 2.05) is 36.4 Å². The fourth-order valence-corrected chi connectivity index (χ4v) is 1.42. The van der Waals surface area contributed by atoms with Crippen LogP contribution < -0.4 is 0 Å². The summed E-state index contributed by atoms with van der Waals surface area (Å²) in [5, 5.41) is 24.1. The molecule has 3 N–H and O–H groups in total. The normalized spacial score (nSPS) is 8.15. The molecule has 2 aromatic rings. The molecule has 0 atom stereocenters. The van der Waals surface area contributed by atoms with Gasteiger partial charge in [-0.25, -0.2) is 12.2 Å². The van der Waals surface area contributed by atoms with E-state index in [4.69, 9.17) is 10.2 Å². The van der Waals surface area contributed by atoms with Crippen molar-refractivity contribution in [1.82, 2.24) is 4.98 Å². The molecule has 0 saturated heterocycles. The van der Waals surface area contributed by atoms with E-state index in [2.05, 4.69) is 17.1 Å². The molecule has 1 aromatic heterocycles. The molecule has 4 nitrogen and oxygen atoms in total. The van der Waals surface area contributed by atoms with Crippen LogP contribution >= 0.6 is 0 Å². The minimum absolute atomic E-state index is 0. The second kappa shape index (κ2) is 31.3. The summed E-state index contributed by atoms with van der Waals surface area (Å²) in [6, 6.07) is 9.08. The summed E-state index contributed by atoms with van der Waals surface area (Å²) >= 11 is 0. The van der Waals surface area contributed by atoms with Crippen LogP contribution in [0.4, 0.5) is 0 Å². The number of fused-ring (bicyclic) bond motifs is 1. The summed E-state index contributed by atoms with van der Waals surface area (Å²) in [6.45, 7) is 0. The average molecular weight is 397 g/mol. The Morgan fingerprint density at radius 3 is 1.81 bits per heavy atom. The average Bonchev–Trinajstić information content (AvgIpc) is 3.12. The summed E-state index contributed by atoms with van der Waals surface area (Å²) in [7, 11) is 2.00. The molecule has 0 fully saturated rings. The zero-order chi connectivity index (χ0) is 15.2. The van der Waals surface area contributed by atoms with E-state index in [0.29, 0.717) is 0 Å². The summed E-state index contributed by atoms with van der Waals surface area (Å²) in [5.74, 6) is 0.288. The largest absolute Gasteiger partial charge is 0.507 e. The predicted octanol–water partition coefficient (Wildman–Crippen LogP) is 4.71. The number of nitrogens with zero attached hydrogens (tertiary/aromatic N) is 1. The standard InChI is InChI=1S/C9H7NO.C5H5.2CH4O.5CH3.Ti/c11-9-5-6-10-8-4-2-1-3-7(8)9;1-2-4-5-3-1;2*1-2;;;;;;/h1-6H,(H,10,11);1-3H,4H2;2*2H,1H3;5*1H3;/q;-1;;;5*-1;. The van der Waals surface area contributed by atoms with E-state index in [9.17, 15) is 5.11 Å². The smallest absolute Gasteiger partial charge is 0.126 e. The number of aliphatic hydroxyl groups excluding tert-OH is 2. The molecule has 1 heterocycles. The molecular weight excluding hydrogens is 362 g/mol. The van der Waals surface area contributed by atoms with Gasteiger partial charge in [0.2, 0.25) is 0 Å². The Morgan fingerprint density at radius 1 is 0.885 bits per heavy atom. The van der Waals surface area contributed by atoms with Crippen molar-refractivity contribution in [2.45, 2.75) is 6.42 Å². The van der Waals surface area contributed by atoms with Gasteiger partial charge in [-0.3, -0.25) is 11.1 Å². The number of aromatic nitrogens is 1. The fourth-order valence-electron chi connectivity index (χ4n) is 1.42. The van der Waals surface area contributed by atoms with Crippen molar-refractivity contribution in [2.75, 3.05) is 14.2 Å². The quantitative estimate of drug-likeness (QED) is 0.445. The first-order chi connectivity index (χ1) is 9.88. The number of hydrogen-bond acceptors (Lipinski definition) is 4. The minimum Gasteiger partial charge on any atom is -0.507 e. The number of benzene rings is 1. The number of allylic oxidation sites excluding steroid dienone is 4. The summed E-state index contributed by atoms with van der Waals surface area (Å²) in [5.41, 5.74) is 0.826. The summed E-state index contributed by atoms with van der Waals surface area (Å²) in [4.78, 5) is 4.08. The monoisotopic (exact) mass is 397 g/mol. The number of hydrogen-bond donors (Lipinski definition) is 3. The third-order valence-electron chi connectivity index (χ3n) is 2.21. The van der Waals surface area contributed by atoms with Gasteiger partial charge >= 0.3 is 0 Å². The van der Waals surface area contributed by atoms with Crippen LogP contribution in [-0.2, 0) is 21.7 Å². The van der Waals surface area contributed by atoms with E-state index >= 15 is 0 Å². The van der Waals surface area contributed by atoms with Crippen molar-refractivity contribution >= 4 is 10.9 Å². The van der Waals surface area contributed by atoms with E-state index in [1.54, 1.807) is 12.3 Å². The Balaban J connectivity index is -0.0000000426. The van der Waals surface area contributed by atoms with Gasteiger partial charge < -0.3 is 52.5 Å². The Kier molecular flexibility index (Phi) is 53.3. The third kappa shape index (κ3) is 17.4. The molecule has 5 heteroatoms. The van der Waals surface area contributed by atoms with Gasteiger partial charge in [0, 0.05) is 47.5 Å². The van der Waals surface area contributed by atoms with Gasteiger partial charge in [0.1, 0.15) is 5.75 Å². The maximum atomic E-state index is 9.33. The van der Waals surface area contributed by atoms with Crippen LogP contribution in [0.5, 0.6) is 5.75 Å².